The van der Waals surface area contributed by atoms with Crippen LogP contribution in [0.3, 0.4) is 0 Å². The van der Waals surface area contributed by atoms with Gasteiger partial charge in [0.25, 0.3) is 0 Å². The van der Waals surface area contributed by atoms with Gasteiger partial charge >= 0.3 is 0 Å². The van der Waals surface area contributed by atoms with E-state index in [1.54, 1.807) is 7.11 Å². The molecule has 2 N–H and O–H groups in total. The largest absolute Gasteiger partial charge is 0.382 e. The van der Waals surface area contributed by atoms with Gasteiger partial charge in [-0.2, -0.15) is 0 Å². The van der Waals surface area contributed by atoms with Crippen LogP contribution in [-0.4, -0.2) is 19.3 Å². The summed E-state index contributed by atoms with van der Waals surface area (Å²) in [5.74, 6) is 0.775. The molecule has 2 heteroatoms. The first-order chi connectivity index (χ1) is 7.24. The van der Waals surface area contributed by atoms with Crippen molar-refractivity contribution < 1.29 is 4.74 Å². The molecule has 90 valence electrons. The van der Waals surface area contributed by atoms with Crippen LogP contribution >= 0.6 is 0 Å². The molecule has 2 atom stereocenters. The summed E-state index contributed by atoms with van der Waals surface area (Å²) in [5, 5.41) is 0. The summed E-state index contributed by atoms with van der Waals surface area (Å²) in [5.41, 5.74) is 6.27. The van der Waals surface area contributed by atoms with Gasteiger partial charge in [0.1, 0.15) is 0 Å². The Labute approximate surface area is 94.6 Å². The highest BCUT2D eigenvalue weighted by molar-refractivity contribution is 4.76. The van der Waals surface area contributed by atoms with E-state index in [0.29, 0.717) is 12.1 Å². The van der Waals surface area contributed by atoms with Crippen LogP contribution in [0.1, 0.15) is 58.3 Å². The lowest BCUT2D eigenvalue weighted by atomic mass is 9.89. The van der Waals surface area contributed by atoms with Crippen molar-refractivity contribution in [2.75, 3.05) is 7.11 Å². The maximum absolute atomic E-state index is 6.27. The maximum atomic E-state index is 6.27. The Kier molecular flexibility index (Phi) is 6.26. The predicted molar refractivity (Wildman–Crippen MR) is 64.9 cm³/mol. The van der Waals surface area contributed by atoms with Crippen molar-refractivity contribution in [2.24, 2.45) is 11.7 Å². The lowest BCUT2D eigenvalue weighted by molar-refractivity contribution is 0.104. The molecule has 1 aliphatic rings. The summed E-state index contributed by atoms with van der Waals surface area (Å²) < 4.78 is 5.26. The Morgan fingerprint density at radius 2 is 1.73 bits per heavy atom. The molecule has 0 spiro atoms. The predicted octanol–water partition coefficient (Wildman–Crippen LogP) is 3.10. The van der Waals surface area contributed by atoms with Gasteiger partial charge in [-0.25, -0.2) is 0 Å². The minimum Gasteiger partial charge on any atom is -0.382 e. The summed E-state index contributed by atoms with van der Waals surface area (Å²) >= 11 is 0. The Bertz CT molecular complexity index is 153. The third kappa shape index (κ3) is 4.98. The van der Waals surface area contributed by atoms with Crippen LogP contribution in [0.15, 0.2) is 0 Å². The molecule has 0 heterocycles. The van der Waals surface area contributed by atoms with E-state index < -0.39 is 0 Å². The second kappa shape index (κ2) is 7.24. The van der Waals surface area contributed by atoms with Gasteiger partial charge in [0.05, 0.1) is 6.10 Å². The Morgan fingerprint density at radius 3 is 2.27 bits per heavy atom. The van der Waals surface area contributed by atoms with Gasteiger partial charge in [-0.15, -0.1) is 0 Å². The van der Waals surface area contributed by atoms with Crippen molar-refractivity contribution in [1.82, 2.24) is 0 Å². The van der Waals surface area contributed by atoms with Crippen molar-refractivity contribution in [1.29, 1.82) is 0 Å². The van der Waals surface area contributed by atoms with Gasteiger partial charge in [0, 0.05) is 13.2 Å². The first-order valence-electron chi connectivity index (χ1n) is 6.52. The molecule has 2 nitrogen and oxygen atoms in total. The Balaban J connectivity index is 2.22. The minimum atomic E-state index is 0.363. The molecule has 0 aromatic heterocycles. The lowest BCUT2D eigenvalue weighted by Gasteiger charge is -2.23. The molecular formula is C13H27NO. The number of nitrogens with two attached hydrogens (primary N) is 1. The zero-order valence-corrected chi connectivity index (χ0v) is 10.4. The fourth-order valence-electron chi connectivity index (χ4n) is 2.52. The van der Waals surface area contributed by atoms with Crippen molar-refractivity contribution in [3.63, 3.8) is 0 Å². The molecule has 0 aliphatic heterocycles. The lowest BCUT2D eigenvalue weighted by Crippen LogP contribution is -2.30. The van der Waals surface area contributed by atoms with Gasteiger partial charge in [-0.05, 0) is 38.5 Å². The average Bonchev–Trinajstić information content (AvgIpc) is 2.53. The highest BCUT2D eigenvalue weighted by atomic mass is 16.5. The van der Waals surface area contributed by atoms with Crippen molar-refractivity contribution >= 4 is 0 Å². The normalized spacial score (nSPS) is 23.4. The van der Waals surface area contributed by atoms with Crippen LogP contribution in [0.25, 0.3) is 0 Å². The smallest absolute Gasteiger partial charge is 0.0543 e. The molecule has 1 rings (SSSR count). The monoisotopic (exact) mass is 213 g/mol. The van der Waals surface area contributed by atoms with Crippen molar-refractivity contribution in [3.8, 4) is 0 Å². The fraction of sp³-hybridized carbons (Fsp3) is 1.00. The third-order valence-electron chi connectivity index (χ3n) is 3.81. The van der Waals surface area contributed by atoms with E-state index in [4.69, 9.17) is 10.5 Å². The first-order valence-corrected chi connectivity index (χ1v) is 6.52. The van der Waals surface area contributed by atoms with Crippen LogP contribution in [-0.2, 0) is 4.74 Å². The van der Waals surface area contributed by atoms with Gasteiger partial charge in [-0.1, -0.05) is 25.7 Å². The first kappa shape index (κ1) is 13.0. The standard InChI is InChI=1S/C13H27NO/c1-11(15-2)9-10-13(14)12-7-5-3-4-6-8-12/h11-13H,3-10,14H2,1-2H3. The molecule has 1 fully saturated rings. The zero-order valence-electron chi connectivity index (χ0n) is 10.4. The van der Waals surface area contributed by atoms with Crippen molar-refractivity contribution in [2.45, 2.75) is 70.4 Å². The summed E-state index contributed by atoms with van der Waals surface area (Å²) in [7, 11) is 1.78. The molecule has 15 heavy (non-hydrogen) atoms. The van der Waals surface area contributed by atoms with Crippen LogP contribution in [0.5, 0.6) is 0 Å². The molecule has 2 unspecified atom stereocenters. The number of hydrogen-bond acceptors (Lipinski definition) is 2. The van der Waals surface area contributed by atoms with E-state index in [1.165, 1.54) is 38.5 Å². The molecule has 1 aliphatic carbocycles. The number of ether oxygens (including phenoxy) is 1. The van der Waals surface area contributed by atoms with Crippen LogP contribution in [0, 0.1) is 5.92 Å². The summed E-state index contributed by atoms with van der Waals surface area (Å²) in [6, 6.07) is 0.403. The van der Waals surface area contributed by atoms with E-state index in [9.17, 15) is 0 Å². The summed E-state index contributed by atoms with van der Waals surface area (Å²) in [6.07, 6.45) is 10.9. The second-order valence-electron chi connectivity index (χ2n) is 5.04. The number of methoxy groups -OCH3 is 1. The topological polar surface area (TPSA) is 35.2 Å². The quantitative estimate of drug-likeness (QED) is 0.712. The average molecular weight is 213 g/mol. The van der Waals surface area contributed by atoms with E-state index in [-0.39, 0.29) is 0 Å². The molecule has 0 aromatic carbocycles. The number of rotatable bonds is 5. The van der Waals surface area contributed by atoms with Crippen LogP contribution < -0.4 is 5.73 Å². The van der Waals surface area contributed by atoms with Crippen LogP contribution in [0.4, 0.5) is 0 Å². The molecule has 0 aromatic rings. The molecule has 0 amide bonds. The summed E-state index contributed by atoms with van der Waals surface area (Å²) in [4.78, 5) is 0. The van der Waals surface area contributed by atoms with Gasteiger partial charge < -0.3 is 10.5 Å². The highest BCUT2D eigenvalue weighted by Gasteiger charge is 2.19. The third-order valence-corrected chi connectivity index (χ3v) is 3.81. The Morgan fingerprint density at radius 1 is 1.13 bits per heavy atom. The zero-order chi connectivity index (χ0) is 11.1. The molecule has 1 saturated carbocycles. The highest BCUT2D eigenvalue weighted by Crippen LogP contribution is 2.26. The van der Waals surface area contributed by atoms with E-state index in [2.05, 4.69) is 6.92 Å². The molecular weight excluding hydrogens is 186 g/mol. The van der Waals surface area contributed by atoms with E-state index in [1.807, 2.05) is 0 Å². The van der Waals surface area contributed by atoms with Crippen LogP contribution in [0.2, 0.25) is 0 Å². The molecule has 0 saturated heterocycles. The number of hydrogen-bond donors (Lipinski definition) is 1. The fourth-order valence-corrected chi connectivity index (χ4v) is 2.52. The summed E-state index contributed by atoms with van der Waals surface area (Å²) in [6.45, 7) is 2.12. The van der Waals surface area contributed by atoms with Gasteiger partial charge in [-0.3, -0.25) is 0 Å². The van der Waals surface area contributed by atoms with E-state index in [0.717, 1.165) is 18.8 Å². The minimum absolute atomic E-state index is 0.363. The molecule has 0 bridgehead atoms. The maximum Gasteiger partial charge on any atom is 0.0543 e. The SMILES string of the molecule is COC(C)CCC(N)C1CCCCCC1. The van der Waals surface area contributed by atoms with Crippen molar-refractivity contribution in [3.05, 3.63) is 0 Å². The van der Waals surface area contributed by atoms with Gasteiger partial charge in [0.2, 0.25) is 0 Å². The second-order valence-corrected chi connectivity index (χ2v) is 5.04. The van der Waals surface area contributed by atoms with E-state index >= 15 is 0 Å². The molecule has 0 radical (unpaired) electrons. The van der Waals surface area contributed by atoms with Gasteiger partial charge in [0.15, 0.2) is 0 Å². The Hall–Kier alpha value is -0.0800.